The summed E-state index contributed by atoms with van der Waals surface area (Å²) in [5.41, 5.74) is 5.50. The molecule has 3 aromatic carbocycles. The Bertz CT molecular complexity index is 1330. The van der Waals surface area contributed by atoms with Crippen LogP contribution in [0.5, 0.6) is 0 Å². The summed E-state index contributed by atoms with van der Waals surface area (Å²) in [6.45, 7) is 1.94. The number of carbonyl (C=O) groups is 1. The van der Waals surface area contributed by atoms with Crippen molar-refractivity contribution in [1.82, 2.24) is 4.98 Å². The topological polar surface area (TPSA) is 65.8 Å². The van der Waals surface area contributed by atoms with Crippen LogP contribution in [0, 0.1) is 18.3 Å². The summed E-state index contributed by atoms with van der Waals surface area (Å²) in [6, 6.07) is 28.9. The van der Waals surface area contributed by atoms with Gasteiger partial charge in [0.15, 0.2) is 0 Å². The molecule has 0 saturated carbocycles. The van der Waals surface area contributed by atoms with E-state index in [2.05, 4.69) is 11.4 Å². The second-order valence-electron chi connectivity index (χ2n) is 7.37. The summed E-state index contributed by atoms with van der Waals surface area (Å²) in [7, 11) is 0. The van der Waals surface area contributed by atoms with Crippen molar-refractivity contribution >= 4 is 35.0 Å². The molecule has 1 N–H and O–H groups in total. The number of thioether (sulfide) groups is 1. The predicted molar refractivity (Wildman–Crippen MR) is 135 cm³/mol. The van der Waals surface area contributed by atoms with Crippen molar-refractivity contribution < 1.29 is 4.79 Å². The first-order valence-corrected chi connectivity index (χ1v) is 11.7. The maximum Gasteiger partial charge on any atom is 0.234 e. The lowest BCUT2D eigenvalue weighted by Gasteiger charge is -2.13. The third-order valence-electron chi connectivity index (χ3n) is 5.08. The van der Waals surface area contributed by atoms with Gasteiger partial charge in [0.25, 0.3) is 0 Å². The monoisotopic (exact) mass is 469 g/mol. The van der Waals surface area contributed by atoms with E-state index in [1.54, 1.807) is 12.1 Å². The minimum Gasteiger partial charge on any atom is -0.325 e. The SMILES string of the molecule is Cc1ccccc1NC(=O)CSc1nc(-c2ccc(Cl)cc2)cc(-c2ccccc2)c1C#N. The van der Waals surface area contributed by atoms with Gasteiger partial charge in [-0.05, 0) is 42.3 Å². The fourth-order valence-electron chi connectivity index (χ4n) is 3.38. The van der Waals surface area contributed by atoms with Crippen LogP contribution in [-0.4, -0.2) is 16.6 Å². The molecule has 0 spiro atoms. The number of halogens is 1. The number of nitrogens with zero attached hydrogens (tertiary/aromatic N) is 2. The van der Waals surface area contributed by atoms with Gasteiger partial charge in [-0.1, -0.05) is 84.0 Å². The Morgan fingerprint density at radius 1 is 1.00 bits per heavy atom. The molecule has 1 heterocycles. The van der Waals surface area contributed by atoms with Gasteiger partial charge in [-0.3, -0.25) is 4.79 Å². The number of carbonyl (C=O) groups excluding carboxylic acids is 1. The van der Waals surface area contributed by atoms with E-state index in [0.29, 0.717) is 21.3 Å². The Morgan fingerprint density at radius 3 is 2.39 bits per heavy atom. The molecule has 0 aliphatic carbocycles. The number of aromatic nitrogens is 1. The van der Waals surface area contributed by atoms with Crippen LogP contribution in [0.2, 0.25) is 5.02 Å². The van der Waals surface area contributed by atoms with Gasteiger partial charge in [-0.25, -0.2) is 4.98 Å². The lowest BCUT2D eigenvalue weighted by molar-refractivity contribution is -0.113. The Morgan fingerprint density at radius 2 is 1.70 bits per heavy atom. The highest BCUT2D eigenvalue weighted by molar-refractivity contribution is 8.00. The molecule has 162 valence electrons. The summed E-state index contributed by atoms with van der Waals surface area (Å²) in [5.74, 6) is -0.0212. The van der Waals surface area contributed by atoms with E-state index >= 15 is 0 Å². The van der Waals surface area contributed by atoms with Crippen LogP contribution in [0.25, 0.3) is 22.4 Å². The van der Waals surface area contributed by atoms with Crippen molar-refractivity contribution in [3.05, 3.63) is 101 Å². The number of pyridine rings is 1. The van der Waals surface area contributed by atoms with Crippen LogP contribution in [0.4, 0.5) is 5.69 Å². The Hall–Kier alpha value is -3.59. The van der Waals surface area contributed by atoms with Crippen molar-refractivity contribution in [2.24, 2.45) is 0 Å². The van der Waals surface area contributed by atoms with Gasteiger partial charge in [-0.15, -0.1) is 0 Å². The number of benzene rings is 3. The molecule has 0 saturated heterocycles. The number of nitrogens with one attached hydrogen (secondary N) is 1. The molecule has 1 aromatic heterocycles. The average Bonchev–Trinajstić information content (AvgIpc) is 2.84. The molecule has 4 aromatic rings. The fraction of sp³-hybridized carbons (Fsp3) is 0.0741. The van der Waals surface area contributed by atoms with E-state index in [1.807, 2.05) is 79.7 Å². The van der Waals surface area contributed by atoms with Gasteiger partial charge < -0.3 is 5.32 Å². The minimum atomic E-state index is -0.154. The van der Waals surface area contributed by atoms with Crippen molar-refractivity contribution in [3.8, 4) is 28.5 Å². The zero-order valence-electron chi connectivity index (χ0n) is 17.9. The molecule has 6 heteroatoms. The number of rotatable bonds is 6. The smallest absolute Gasteiger partial charge is 0.234 e. The summed E-state index contributed by atoms with van der Waals surface area (Å²) in [4.78, 5) is 17.4. The van der Waals surface area contributed by atoms with Crippen LogP contribution in [0.3, 0.4) is 0 Å². The van der Waals surface area contributed by atoms with Crippen LogP contribution in [0.1, 0.15) is 11.1 Å². The predicted octanol–water partition coefficient (Wildman–Crippen LogP) is 6.98. The lowest BCUT2D eigenvalue weighted by Crippen LogP contribution is -2.15. The molecular formula is C27H20ClN3OS. The first kappa shape index (κ1) is 22.6. The molecule has 0 unspecified atom stereocenters. The molecule has 0 radical (unpaired) electrons. The van der Waals surface area contributed by atoms with Gasteiger partial charge in [0.1, 0.15) is 11.1 Å². The quantitative estimate of drug-likeness (QED) is 0.309. The van der Waals surface area contributed by atoms with E-state index in [1.165, 1.54) is 11.8 Å². The zero-order chi connectivity index (χ0) is 23.2. The highest BCUT2D eigenvalue weighted by Gasteiger charge is 2.17. The number of hydrogen-bond acceptors (Lipinski definition) is 4. The number of anilines is 1. The van der Waals surface area contributed by atoms with Crippen molar-refractivity contribution in [3.63, 3.8) is 0 Å². The molecule has 0 fully saturated rings. The summed E-state index contributed by atoms with van der Waals surface area (Å²) >= 11 is 7.31. The van der Waals surface area contributed by atoms with Gasteiger partial charge in [0.2, 0.25) is 5.91 Å². The third-order valence-corrected chi connectivity index (χ3v) is 6.31. The number of aryl methyl sites for hydroxylation is 1. The van der Waals surface area contributed by atoms with E-state index in [-0.39, 0.29) is 11.7 Å². The molecule has 4 nitrogen and oxygen atoms in total. The highest BCUT2D eigenvalue weighted by atomic mass is 35.5. The maximum absolute atomic E-state index is 12.6. The van der Waals surface area contributed by atoms with Gasteiger partial charge in [0.05, 0.1) is 17.0 Å². The number of hydrogen-bond donors (Lipinski definition) is 1. The Balaban J connectivity index is 1.69. The molecule has 0 atom stereocenters. The first-order valence-electron chi connectivity index (χ1n) is 10.3. The van der Waals surface area contributed by atoms with Crippen LogP contribution < -0.4 is 5.32 Å². The first-order chi connectivity index (χ1) is 16.0. The second-order valence-corrected chi connectivity index (χ2v) is 8.77. The van der Waals surface area contributed by atoms with Crippen LogP contribution in [-0.2, 0) is 4.79 Å². The van der Waals surface area contributed by atoms with Gasteiger partial charge in [-0.2, -0.15) is 5.26 Å². The lowest BCUT2D eigenvalue weighted by atomic mass is 9.99. The van der Waals surface area contributed by atoms with Crippen LogP contribution in [0.15, 0.2) is 90.0 Å². The summed E-state index contributed by atoms with van der Waals surface area (Å²) in [6.07, 6.45) is 0. The molecule has 33 heavy (non-hydrogen) atoms. The number of para-hydroxylation sites is 1. The standard InChI is InChI=1S/C27H20ClN3OS/c1-18-7-5-6-10-24(18)30-26(32)17-33-27-23(16-29)22(19-8-3-2-4-9-19)15-25(31-27)20-11-13-21(28)14-12-20/h2-15H,17H2,1H3,(H,30,32). The average molecular weight is 470 g/mol. The van der Waals surface area contributed by atoms with E-state index in [9.17, 15) is 10.1 Å². The molecule has 0 aliphatic heterocycles. The third kappa shape index (κ3) is 5.43. The van der Waals surface area contributed by atoms with Gasteiger partial charge in [0, 0.05) is 21.8 Å². The van der Waals surface area contributed by atoms with E-state index in [4.69, 9.17) is 16.6 Å². The fourth-order valence-corrected chi connectivity index (χ4v) is 4.31. The minimum absolute atomic E-state index is 0.133. The summed E-state index contributed by atoms with van der Waals surface area (Å²) < 4.78 is 0. The maximum atomic E-state index is 12.6. The Kier molecular flexibility index (Phi) is 7.09. The Labute approximate surface area is 202 Å². The van der Waals surface area contributed by atoms with E-state index in [0.717, 1.165) is 27.9 Å². The van der Waals surface area contributed by atoms with Crippen molar-refractivity contribution in [1.29, 1.82) is 5.26 Å². The van der Waals surface area contributed by atoms with Crippen LogP contribution >= 0.6 is 23.4 Å². The normalized spacial score (nSPS) is 10.5. The van der Waals surface area contributed by atoms with Crippen molar-refractivity contribution in [2.75, 3.05) is 11.1 Å². The van der Waals surface area contributed by atoms with E-state index < -0.39 is 0 Å². The molecule has 0 aliphatic rings. The molecule has 1 amide bonds. The molecular weight excluding hydrogens is 450 g/mol. The van der Waals surface area contributed by atoms with Crippen molar-refractivity contribution in [2.45, 2.75) is 11.9 Å². The molecule has 0 bridgehead atoms. The zero-order valence-corrected chi connectivity index (χ0v) is 19.5. The largest absolute Gasteiger partial charge is 0.325 e. The van der Waals surface area contributed by atoms with Gasteiger partial charge >= 0.3 is 0 Å². The second kappa shape index (κ2) is 10.4. The number of amides is 1. The summed E-state index contributed by atoms with van der Waals surface area (Å²) in [5, 5.41) is 14.1. The molecule has 4 rings (SSSR count). The number of nitriles is 1. The highest BCUT2D eigenvalue weighted by Crippen LogP contribution is 2.34.